The van der Waals surface area contributed by atoms with Gasteiger partial charge >= 0.3 is 0 Å². The molecule has 2 N–H and O–H groups in total. The topological polar surface area (TPSA) is 57.8 Å². The van der Waals surface area contributed by atoms with Crippen molar-refractivity contribution in [3.05, 3.63) is 68.7 Å². The van der Waals surface area contributed by atoms with Crippen molar-refractivity contribution < 1.29 is 4.79 Å². The Hall–Kier alpha value is -1.82. The molecule has 0 aliphatic rings. The maximum atomic E-state index is 12.3. The van der Waals surface area contributed by atoms with Crippen molar-refractivity contribution in [1.82, 2.24) is 10.2 Å². The van der Waals surface area contributed by atoms with Gasteiger partial charge in [-0.1, -0.05) is 51.3 Å². The Kier molecular flexibility index (Phi) is 4.71. The standard InChI is InChI=1S/C16H10BrCl2N3O/c17-10-3-1-9(2-4-10)14-8-15(22-21-14)16(23)20-13-6-11(18)5-12(19)7-13/h1-8H,(H,20,23)(H,21,22). The molecule has 1 aromatic heterocycles. The molecule has 4 nitrogen and oxygen atoms in total. The van der Waals surface area contributed by atoms with Gasteiger partial charge in [-0.15, -0.1) is 0 Å². The van der Waals surface area contributed by atoms with Crippen LogP contribution in [0.3, 0.4) is 0 Å². The van der Waals surface area contributed by atoms with E-state index in [0.29, 0.717) is 27.1 Å². The second-order valence-corrected chi connectivity index (χ2v) is 6.57. The number of benzene rings is 2. The van der Waals surface area contributed by atoms with Gasteiger partial charge < -0.3 is 5.32 Å². The van der Waals surface area contributed by atoms with Gasteiger partial charge in [0.1, 0.15) is 5.69 Å². The molecular weight excluding hydrogens is 401 g/mol. The molecule has 0 bridgehead atoms. The number of aromatic nitrogens is 2. The number of anilines is 1. The zero-order valence-electron chi connectivity index (χ0n) is 11.6. The Morgan fingerprint density at radius 1 is 1.04 bits per heavy atom. The molecule has 116 valence electrons. The van der Waals surface area contributed by atoms with E-state index in [9.17, 15) is 4.79 Å². The summed E-state index contributed by atoms with van der Waals surface area (Å²) in [5, 5.41) is 10.5. The minimum atomic E-state index is -0.320. The maximum Gasteiger partial charge on any atom is 0.273 e. The highest BCUT2D eigenvalue weighted by atomic mass is 79.9. The van der Waals surface area contributed by atoms with Crippen LogP contribution in [0.5, 0.6) is 0 Å². The van der Waals surface area contributed by atoms with E-state index in [1.54, 1.807) is 24.3 Å². The van der Waals surface area contributed by atoms with Crippen LogP contribution in [-0.2, 0) is 0 Å². The molecule has 2 aromatic carbocycles. The van der Waals surface area contributed by atoms with Crippen molar-refractivity contribution in [2.75, 3.05) is 5.32 Å². The zero-order chi connectivity index (χ0) is 16.4. The SMILES string of the molecule is O=C(Nc1cc(Cl)cc(Cl)c1)c1cc(-c2ccc(Br)cc2)n[nH]1. The highest BCUT2D eigenvalue weighted by Crippen LogP contribution is 2.24. The van der Waals surface area contributed by atoms with Crippen molar-refractivity contribution in [2.24, 2.45) is 0 Å². The fourth-order valence-corrected chi connectivity index (χ4v) is 2.82. The van der Waals surface area contributed by atoms with E-state index in [1.807, 2.05) is 24.3 Å². The van der Waals surface area contributed by atoms with Crippen molar-refractivity contribution in [3.63, 3.8) is 0 Å². The highest BCUT2D eigenvalue weighted by molar-refractivity contribution is 9.10. The molecule has 0 fully saturated rings. The third-order valence-corrected chi connectivity index (χ3v) is 4.05. The Morgan fingerprint density at radius 3 is 2.35 bits per heavy atom. The lowest BCUT2D eigenvalue weighted by atomic mass is 10.1. The van der Waals surface area contributed by atoms with Gasteiger partial charge in [-0.3, -0.25) is 9.89 Å². The molecule has 7 heteroatoms. The van der Waals surface area contributed by atoms with E-state index in [2.05, 4.69) is 31.4 Å². The number of carbonyl (C=O) groups is 1. The molecule has 0 aliphatic carbocycles. The van der Waals surface area contributed by atoms with E-state index in [0.717, 1.165) is 10.0 Å². The average Bonchev–Trinajstić information content (AvgIpc) is 2.97. The molecule has 0 saturated carbocycles. The van der Waals surface area contributed by atoms with Gasteiger partial charge in [0, 0.05) is 25.8 Å². The van der Waals surface area contributed by atoms with Gasteiger partial charge in [-0.2, -0.15) is 5.10 Å². The molecular formula is C16H10BrCl2N3O. The van der Waals surface area contributed by atoms with Crippen LogP contribution in [-0.4, -0.2) is 16.1 Å². The molecule has 1 heterocycles. The first-order chi connectivity index (χ1) is 11.0. The number of halogens is 3. The first-order valence-electron chi connectivity index (χ1n) is 6.60. The normalized spacial score (nSPS) is 10.6. The fraction of sp³-hybridized carbons (Fsp3) is 0. The van der Waals surface area contributed by atoms with Crippen LogP contribution in [0, 0.1) is 0 Å². The largest absolute Gasteiger partial charge is 0.321 e. The number of nitrogens with zero attached hydrogens (tertiary/aromatic N) is 1. The van der Waals surface area contributed by atoms with Gasteiger partial charge in [0.2, 0.25) is 0 Å². The Morgan fingerprint density at radius 2 is 1.70 bits per heavy atom. The van der Waals surface area contributed by atoms with E-state index >= 15 is 0 Å². The zero-order valence-corrected chi connectivity index (χ0v) is 14.7. The number of rotatable bonds is 3. The predicted octanol–water partition coefficient (Wildman–Crippen LogP) is 5.40. The second-order valence-electron chi connectivity index (χ2n) is 4.79. The first-order valence-corrected chi connectivity index (χ1v) is 8.15. The lowest BCUT2D eigenvalue weighted by molar-refractivity contribution is 0.102. The second kappa shape index (κ2) is 6.74. The monoisotopic (exact) mass is 409 g/mol. The molecule has 0 atom stereocenters. The van der Waals surface area contributed by atoms with Crippen LogP contribution in [0.2, 0.25) is 10.0 Å². The summed E-state index contributed by atoms with van der Waals surface area (Å²) < 4.78 is 0.979. The predicted molar refractivity (Wildman–Crippen MR) is 96.1 cm³/mol. The summed E-state index contributed by atoms with van der Waals surface area (Å²) in [5.74, 6) is -0.320. The van der Waals surface area contributed by atoms with Gasteiger partial charge in [0.15, 0.2) is 0 Å². The molecule has 23 heavy (non-hydrogen) atoms. The molecule has 1 amide bonds. The summed E-state index contributed by atoms with van der Waals surface area (Å²) in [6.45, 7) is 0. The number of amides is 1. The smallest absolute Gasteiger partial charge is 0.273 e. The van der Waals surface area contributed by atoms with Gasteiger partial charge in [0.25, 0.3) is 5.91 Å². The summed E-state index contributed by atoms with van der Waals surface area (Å²) in [6.07, 6.45) is 0. The van der Waals surface area contributed by atoms with Crippen LogP contribution >= 0.6 is 39.1 Å². The van der Waals surface area contributed by atoms with Crippen molar-refractivity contribution in [2.45, 2.75) is 0 Å². The summed E-state index contributed by atoms with van der Waals surface area (Å²) in [6, 6.07) is 14.2. The van der Waals surface area contributed by atoms with E-state index in [1.165, 1.54) is 0 Å². The lowest BCUT2D eigenvalue weighted by Crippen LogP contribution is -2.12. The number of H-pyrrole nitrogens is 1. The third-order valence-electron chi connectivity index (χ3n) is 3.08. The number of aromatic amines is 1. The first kappa shape index (κ1) is 16.1. The number of nitrogens with one attached hydrogen (secondary N) is 2. The molecule has 0 radical (unpaired) electrons. The van der Waals surface area contributed by atoms with Crippen LogP contribution in [0.1, 0.15) is 10.5 Å². The Bertz CT molecular complexity index is 842. The summed E-state index contributed by atoms with van der Waals surface area (Å²) in [4.78, 5) is 12.3. The molecule has 0 unspecified atom stereocenters. The van der Waals surface area contributed by atoms with E-state index in [-0.39, 0.29) is 5.91 Å². The minimum Gasteiger partial charge on any atom is -0.321 e. The van der Waals surface area contributed by atoms with Gasteiger partial charge in [-0.25, -0.2) is 0 Å². The van der Waals surface area contributed by atoms with Crippen molar-refractivity contribution >= 4 is 50.7 Å². The van der Waals surface area contributed by atoms with Gasteiger partial charge in [0.05, 0.1) is 5.69 Å². The van der Waals surface area contributed by atoms with Crippen LogP contribution < -0.4 is 5.32 Å². The Balaban J connectivity index is 1.79. The van der Waals surface area contributed by atoms with E-state index in [4.69, 9.17) is 23.2 Å². The Labute approximate surface area is 150 Å². The summed E-state index contributed by atoms with van der Waals surface area (Å²) in [5.41, 5.74) is 2.47. The maximum absolute atomic E-state index is 12.3. The highest BCUT2D eigenvalue weighted by Gasteiger charge is 2.12. The van der Waals surface area contributed by atoms with Gasteiger partial charge in [-0.05, 0) is 36.4 Å². The van der Waals surface area contributed by atoms with Crippen molar-refractivity contribution in [3.8, 4) is 11.3 Å². The molecule has 0 saturated heterocycles. The fourth-order valence-electron chi connectivity index (χ4n) is 2.03. The summed E-state index contributed by atoms with van der Waals surface area (Å²) in [7, 11) is 0. The van der Waals surface area contributed by atoms with Crippen molar-refractivity contribution in [1.29, 1.82) is 0 Å². The molecule has 3 rings (SSSR count). The third kappa shape index (κ3) is 3.93. The quantitative estimate of drug-likeness (QED) is 0.607. The molecule has 0 aliphatic heterocycles. The van der Waals surface area contributed by atoms with Crippen LogP contribution in [0.15, 0.2) is 53.0 Å². The number of carbonyl (C=O) groups excluding carboxylic acids is 1. The summed E-state index contributed by atoms with van der Waals surface area (Å²) >= 11 is 15.2. The molecule has 3 aromatic rings. The van der Waals surface area contributed by atoms with Crippen LogP contribution in [0.25, 0.3) is 11.3 Å². The lowest BCUT2D eigenvalue weighted by Gasteiger charge is -2.04. The van der Waals surface area contributed by atoms with E-state index < -0.39 is 0 Å². The molecule has 0 spiro atoms. The average molecular weight is 411 g/mol. The number of hydrogen-bond donors (Lipinski definition) is 2. The van der Waals surface area contributed by atoms with Crippen LogP contribution in [0.4, 0.5) is 5.69 Å². The number of hydrogen-bond acceptors (Lipinski definition) is 2. The minimum absolute atomic E-state index is 0.320.